The van der Waals surface area contributed by atoms with Gasteiger partial charge in [-0.15, -0.1) is 0 Å². The molecule has 1 fully saturated rings. The van der Waals surface area contributed by atoms with Crippen molar-refractivity contribution in [2.24, 2.45) is 5.73 Å². The molecule has 0 spiro atoms. The molecule has 1 aliphatic rings. The van der Waals surface area contributed by atoms with Crippen molar-refractivity contribution in [3.05, 3.63) is 83.9 Å². The molecule has 4 rings (SSSR count). The van der Waals surface area contributed by atoms with Gasteiger partial charge in [-0.05, 0) is 73.1 Å². The Morgan fingerprint density at radius 3 is 2.31 bits per heavy atom. The molecule has 0 unspecified atom stereocenters. The molecule has 0 aliphatic carbocycles. The fraction of sp³-hybridized carbons (Fsp3) is 0.321. The van der Waals surface area contributed by atoms with E-state index in [4.69, 9.17) is 5.73 Å². The van der Waals surface area contributed by atoms with E-state index < -0.39 is 5.60 Å². The summed E-state index contributed by atoms with van der Waals surface area (Å²) in [7, 11) is 0. The molecule has 3 aromatic carbocycles. The van der Waals surface area contributed by atoms with Gasteiger partial charge in [0.15, 0.2) is 0 Å². The summed E-state index contributed by atoms with van der Waals surface area (Å²) in [5.41, 5.74) is 11.6. The molecule has 32 heavy (non-hydrogen) atoms. The smallest absolute Gasteiger partial charge is 0.253 e. The van der Waals surface area contributed by atoms with Crippen LogP contribution in [-0.2, 0) is 6.42 Å². The monoisotopic (exact) mass is 428 g/mol. The predicted molar refractivity (Wildman–Crippen MR) is 130 cm³/mol. The number of carbonyl (C=O) groups excluding carboxylic acids is 1. The SMILES string of the molecule is CC(C)(O)CCc1ccc(-c2ccc(C(=O)N3CC[C@H](N)C3)cc2-c2ccccc2)cc1. The number of carbonyl (C=O) groups is 1. The van der Waals surface area contributed by atoms with Crippen LogP contribution in [0.3, 0.4) is 0 Å². The van der Waals surface area contributed by atoms with Crippen LogP contribution in [0.4, 0.5) is 0 Å². The minimum Gasteiger partial charge on any atom is -0.390 e. The third kappa shape index (κ3) is 5.26. The van der Waals surface area contributed by atoms with Gasteiger partial charge in [-0.1, -0.05) is 60.7 Å². The number of hydrogen-bond donors (Lipinski definition) is 2. The van der Waals surface area contributed by atoms with Crippen molar-refractivity contribution in [2.75, 3.05) is 13.1 Å². The lowest BCUT2D eigenvalue weighted by Crippen LogP contribution is -2.31. The Balaban J connectivity index is 1.66. The summed E-state index contributed by atoms with van der Waals surface area (Å²) in [5, 5.41) is 10.00. The van der Waals surface area contributed by atoms with E-state index in [9.17, 15) is 9.90 Å². The molecule has 0 radical (unpaired) electrons. The maximum atomic E-state index is 13.1. The minimum atomic E-state index is -0.666. The molecule has 1 amide bonds. The maximum Gasteiger partial charge on any atom is 0.253 e. The van der Waals surface area contributed by atoms with Crippen LogP contribution in [0.1, 0.15) is 42.6 Å². The predicted octanol–water partition coefficient (Wildman–Crippen LogP) is 4.90. The molecule has 4 heteroatoms. The molecular formula is C28H32N2O2. The molecule has 3 N–H and O–H groups in total. The van der Waals surface area contributed by atoms with E-state index in [1.807, 2.05) is 49.1 Å². The average molecular weight is 429 g/mol. The van der Waals surface area contributed by atoms with Crippen LogP contribution in [0.25, 0.3) is 22.3 Å². The van der Waals surface area contributed by atoms with Gasteiger partial charge in [0.1, 0.15) is 0 Å². The van der Waals surface area contributed by atoms with E-state index >= 15 is 0 Å². The zero-order valence-electron chi connectivity index (χ0n) is 18.9. The Morgan fingerprint density at radius 2 is 1.69 bits per heavy atom. The summed E-state index contributed by atoms with van der Waals surface area (Å²) in [6.07, 6.45) is 2.41. The van der Waals surface area contributed by atoms with Gasteiger partial charge in [0.05, 0.1) is 5.60 Å². The highest BCUT2D eigenvalue weighted by molar-refractivity contribution is 5.98. The van der Waals surface area contributed by atoms with Gasteiger partial charge in [-0.25, -0.2) is 0 Å². The van der Waals surface area contributed by atoms with Crippen LogP contribution in [0.5, 0.6) is 0 Å². The van der Waals surface area contributed by atoms with Gasteiger partial charge < -0.3 is 15.7 Å². The normalized spacial score (nSPS) is 16.4. The molecule has 0 saturated carbocycles. The average Bonchev–Trinajstić information content (AvgIpc) is 3.23. The Hall–Kier alpha value is -2.95. The third-order valence-corrected chi connectivity index (χ3v) is 6.15. The largest absolute Gasteiger partial charge is 0.390 e. The topological polar surface area (TPSA) is 66.6 Å². The number of aliphatic hydroxyl groups is 1. The molecule has 1 aliphatic heterocycles. The summed E-state index contributed by atoms with van der Waals surface area (Å²) in [4.78, 5) is 14.9. The van der Waals surface area contributed by atoms with Gasteiger partial charge in [0.25, 0.3) is 5.91 Å². The quantitative estimate of drug-likeness (QED) is 0.587. The number of likely N-dealkylation sites (tertiary alicyclic amines) is 1. The van der Waals surface area contributed by atoms with Crippen molar-refractivity contribution in [2.45, 2.75) is 44.8 Å². The summed E-state index contributed by atoms with van der Waals surface area (Å²) in [5.74, 6) is 0.0450. The van der Waals surface area contributed by atoms with Crippen LogP contribution >= 0.6 is 0 Å². The van der Waals surface area contributed by atoms with Gasteiger partial charge in [0, 0.05) is 24.7 Å². The van der Waals surface area contributed by atoms with Gasteiger partial charge in [-0.3, -0.25) is 4.79 Å². The standard InChI is InChI=1S/C28H32N2O2/c1-28(2,32)16-14-20-8-10-22(11-9-20)25-13-12-23(27(31)30-17-15-24(29)19-30)18-26(25)21-6-4-3-5-7-21/h3-13,18,24,32H,14-17,19,29H2,1-2H3/t24-/m0/s1. The summed E-state index contributed by atoms with van der Waals surface area (Å²) in [6.45, 7) is 5.01. The molecule has 3 aromatic rings. The van der Waals surface area contributed by atoms with Crippen molar-refractivity contribution >= 4 is 5.91 Å². The second-order valence-corrected chi connectivity index (χ2v) is 9.44. The Bertz CT molecular complexity index is 1070. The van der Waals surface area contributed by atoms with E-state index in [1.165, 1.54) is 5.56 Å². The Labute approximate surface area is 190 Å². The Kier molecular flexibility index (Phi) is 6.45. The van der Waals surface area contributed by atoms with Crippen LogP contribution in [0.15, 0.2) is 72.8 Å². The summed E-state index contributed by atoms with van der Waals surface area (Å²) in [6, 6.07) is 24.8. The highest BCUT2D eigenvalue weighted by Gasteiger charge is 2.25. The highest BCUT2D eigenvalue weighted by atomic mass is 16.3. The van der Waals surface area contributed by atoms with Crippen LogP contribution in [0, 0.1) is 0 Å². The molecule has 1 saturated heterocycles. The molecular weight excluding hydrogens is 396 g/mol. The second-order valence-electron chi connectivity index (χ2n) is 9.44. The summed E-state index contributed by atoms with van der Waals surface area (Å²) >= 11 is 0. The number of benzene rings is 3. The van der Waals surface area contributed by atoms with E-state index in [-0.39, 0.29) is 11.9 Å². The first-order valence-corrected chi connectivity index (χ1v) is 11.4. The van der Waals surface area contributed by atoms with Crippen molar-refractivity contribution < 1.29 is 9.90 Å². The number of amides is 1. The molecule has 166 valence electrons. The van der Waals surface area contributed by atoms with Crippen molar-refractivity contribution in [1.82, 2.24) is 4.90 Å². The molecule has 1 atom stereocenters. The first kappa shape index (κ1) is 22.3. The zero-order chi connectivity index (χ0) is 22.7. The van der Waals surface area contributed by atoms with Crippen molar-refractivity contribution in [3.63, 3.8) is 0 Å². The van der Waals surface area contributed by atoms with Crippen LogP contribution in [0.2, 0.25) is 0 Å². The first-order chi connectivity index (χ1) is 15.3. The first-order valence-electron chi connectivity index (χ1n) is 11.4. The van der Waals surface area contributed by atoms with Gasteiger partial charge in [0.2, 0.25) is 0 Å². The van der Waals surface area contributed by atoms with Crippen molar-refractivity contribution in [1.29, 1.82) is 0 Å². The maximum absolute atomic E-state index is 13.1. The zero-order valence-corrected chi connectivity index (χ0v) is 18.9. The van der Waals surface area contributed by atoms with Crippen LogP contribution in [-0.4, -0.2) is 40.6 Å². The minimum absolute atomic E-state index is 0.0450. The lowest BCUT2D eigenvalue weighted by molar-refractivity contribution is 0.0713. The number of aryl methyl sites for hydroxylation is 1. The molecule has 0 aromatic heterocycles. The van der Waals surface area contributed by atoms with Gasteiger partial charge in [-0.2, -0.15) is 0 Å². The number of nitrogens with zero attached hydrogens (tertiary/aromatic N) is 1. The van der Waals surface area contributed by atoms with Crippen LogP contribution < -0.4 is 5.73 Å². The highest BCUT2D eigenvalue weighted by Crippen LogP contribution is 2.34. The van der Waals surface area contributed by atoms with Gasteiger partial charge >= 0.3 is 0 Å². The molecule has 4 nitrogen and oxygen atoms in total. The Morgan fingerprint density at radius 1 is 1.00 bits per heavy atom. The van der Waals surface area contributed by atoms with E-state index in [1.54, 1.807) is 0 Å². The number of rotatable bonds is 6. The fourth-order valence-electron chi connectivity index (χ4n) is 4.24. The molecule has 0 bridgehead atoms. The fourth-order valence-corrected chi connectivity index (χ4v) is 4.24. The molecule has 1 heterocycles. The lowest BCUT2D eigenvalue weighted by atomic mass is 9.91. The summed E-state index contributed by atoms with van der Waals surface area (Å²) < 4.78 is 0. The number of hydrogen-bond acceptors (Lipinski definition) is 3. The van der Waals surface area contributed by atoms with E-state index in [0.717, 1.165) is 41.5 Å². The van der Waals surface area contributed by atoms with E-state index in [0.29, 0.717) is 18.7 Å². The van der Waals surface area contributed by atoms with Crippen molar-refractivity contribution in [3.8, 4) is 22.3 Å². The van der Waals surface area contributed by atoms with E-state index in [2.05, 4.69) is 42.5 Å². The third-order valence-electron chi connectivity index (χ3n) is 6.15. The second kappa shape index (κ2) is 9.27. The number of nitrogens with two attached hydrogens (primary N) is 1. The lowest BCUT2D eigenvalue weighted by Gasteiger charge is -2.18.